The first-order chi connectivity index (χ1) is 6.16. The van der Waals surface area contributed by atoms with Crippen molar-refractivity contribution < 1.29 is 9.90 Å². The van der Waals surface area contributed by atoms with Crippen LogP contribution in [-0.4, -0.2) is 23.7 Å². The summed E-state index contributed by atoms with van der Waals surface area (Å²) in [5.74, 6) is -1.25. The molecule has 1 aliphatic carbocycles. The van der Waals surface area contributed by atoms with Crippen LogP contribution in [0.25, 0.3) is 0 Å². The molecule has 0 saturated carbocycles. The summed E-state index contributed by atoms with van der Waals surface area (Å²) in [6.45, 7) is 1.98. The zero-order chi connectivity index (χ0) is 9.90. The third-order valence-electron chi connectivity index (χ3n) is 2.68. The summed E-state index contributed by atoms with van der Waals surface area (Å²) in [7, 11) is 1.79. The maximum absolute atomic E-state index is 11.0. The van der Waals surface area contributed by atoms with Crippen molar-refractivity contribution in [3.8, 4) is 0 Å². The molecule has 0 saturated heterocycles. The maximum Gasteiger partial charge on any atom is 0.312 e. The molecule has 2 atom stereocenters. The zero-order valence-electron chi connectivity index (χ0n) is 7.95. The summed E-state index contributed by atoms with van der Waals surface area (Å²) in [6, 6.07) is 0. The monoisotopic (exact) mass is 181 g/mol. The van der Waals surface area contributed by atoms with E-state index in [-0.39, 0.29) is 0 Å². The smallest absolute Gasteiger partial charge is 0.312 e. The molecule has 0 spiro atoms. The summed E-state index contributed by atoms with van der Waals surface area (Å²) in [5, 5.41) is 12.1. The number of allylic oxidation sites excluding steroid dienone is 2. The van der Waals surface area contributed by atoms with Crippen molar-refractivity contribution in [2.75, 3.05) is 7.05 Å². The van der Waals surface area contributed by atoms with E-state index in [4.69, 9.17) is 5.11 Å². The Balaban J connectivity index is 2.98. The van der Waals surface area contributed by atoms with Gasteiger partial charge in [-0.3, -0.25) is 4.79 Å². The number of carboxylic acid groups (broad SMARTS) is 1. The lowest BCUT2D eigenvalue weighted by Gasteiger charge is -2.35. The molecule has 1 rings (SSSR count). The molecule has 0 bridgehead atoms. The summed E-state index contributed by atoms with van der Waals surface area (Å²) in [5.41, 5.74) is -0.416. The highest BCUT2D eigenvalue weighted by Crippen LogP contribution is 2.27. The SMILES string of the molecule is CCC1(NC)C=CC=CC1C(=O)O. The third-order valence-corrected chi connectivity index (χ3v) is 2.68. The van der Waals surface area contributed by atoms with Gasteiger partial charge in [0, 0.05) is 0 Å². The van der Waals surface area contributed by atoms with Crippen molar-refractivity contribution in [2.45, 2.75) is 18.9 Å². The highest BCUT2D eigenvalue weighted by atomic mass is 16.4. The van der Waals surface area contributed by atoms with E-state index >= 15 is 0 Å². The molecular weight excluding hydrogens is 166 g/mol. The lowest BCUT2D eigenvalue weighted by molar-refractivity contribution is -0.142. The van der Waals surface area contributed by atoms with E-state index < -0.39 is 17.4 Å². The second kappa shape index (κ2) is 3.75. The van der Waals surface area contributed by atoms with Crippen LogP contribution in [0.1, 0.15) is 13.3 Å². The van der Waals surface area contributed by atoms with Gasteiger partial charge in [-0.25, -0.2) is 0 Å². The predicted molar refractivity (Wildman–Crippen MR) is 51.5 cm³/mol. The number of hydrogen-bond donors (Lipinski definition) is 2. The molecule has 0 aromatic rings. The fourth-order valence-corrected chi connectivity index (χ4v) is 1.73. The van der Waals surface area contributed by atoms with Crippen molar-refractivity contribution in [2.24, 2.45) is 5.92 Å². The number of aliphatic carboxylic acids is 1. The van der Waals surface area contributed by atoms with Crippen LogP contribution in [-0.2, 0) is 4.79 Å². The van der Waals surface area contributed by atoms with E-state index in [0.29, 0.717) is 0 Å². The van der Waals surface area contributed by atoms with Gasteiger partial charge in [0.25, 0.3) is 0 Å². The van der Waals surface area contributed by atoms with Crippen LogP contribution in [0.15, 0.2) is 24.3 Å². The van der Waals surface area contributed by atoms with Gasteiger partial charge >= 0.3 is 5.97 Å². The first-order valence-electron chi connectivity index (χ1n) is 4.44. The Labute approximate surface area is 78.1 Å². The first kappa shape index (κ1) is 9.99. The second-order valence-corrected chi connectivity index (χ2v) is 3.20. The predicted octanol–water partition coefficient (Wildman–Crippen LogP) is 1.18. The second-order valence-electron chi connectivity index (χ2n) is 3.20. The summed E-state index contributed by atoms with van der Waals surface area (Å²) < 4.78 is 0. The average molecular weight is 181 g/mol. The van der Waals surface area contributed by atoms with Crippen LogP contribution in [0.2, 0.25) is 0 Å². The fourth-order valence-electron chi connectivity index (χ4n) is 1.73. The van der Waals surface area contributed by atoms with E-state index in [0.717, 1.165) is 6.42 Å². The Morgan fingerprint density at radius 2 is 2.31 bits per heavy atom. The Kier molecular flexibility index (Phi) is 2.88. The summed E-state index contributed by atoms with van der Waals surface area (Å²) in [4.78, 5) is 11.0. The third kappa shape index (κ3) is 1.65. The normalized spacial score (nSPS) is 32.0. The number of carboxylic acids is 1. The minimum atomic E-state index is -0.781. The van der Waals surface area contributed by atoms with Crippen LogP contribution in [0.4, 0.5) is 0 Å². The van der Waals surface area contributed by atoms with Crippen LogP contribution in [0, 0.1) is 5.92 Å². The molecule has 72 valence electrons. The highest BCUT2D eigenvalue weighted by molar-refractivity contribution is 5.75. The number of hydrogen-bond acceptors (Lipinski definition) is 2. The van der Waals surface area contributed by atoms with E-state index in [2.05, 4.69) is 5.32 Å². The largest absolute Gasteiger partial charge is 0.481 e. The first-order valence-corrected chi connectivity index (χ1v) is 4.44. The lowest BCUT2D eigenvalue weighted by Crippen LogP contribution is -2.50. The maximum atomic E-state index is 11.0. The molecule has 1 aliphatic rings. The molecule has 0 fully saturated rings. The Morgan fingerprint density at radius 3 is 2.69 bits per heavy atom. The van der Waals surface area contributed by atoms with Crippen LogP contribution in [0.5, 0.6) is 0 Å². The number of nitrogens with one attached hydrogen (secondary N) is 1. The van der Waals surface area contributed by atoms with Crippen molar-refractivity contribution in [3.63, 3.8) is 0 Å². The molecule has 0 amide bonds. The van der Waals surface area contributed by atoms with Crippen molar-refractivity contribution in [3.05, 3.63) is 24.3 Å². The molecule has 2 unspecified atom stereocenters. The van der Waals surface area contributed by atoms with Gasteiger partial charge in [0.15, 0.2) is 0 Å². The van der Waals surface area contributed by atoms with Gasteiger partial charge in [0.2, 0.25) is 0 Å². The zero-order valence-corrected chi connectivity index (χ0v) is 7.95. The van der Waals surface area contributed by atoms with Gasteiger partial charge in [0.05, 0.1) is 11.5 Å². The fraction of sp³-hybridized carbons (Fsp3) is 0.500. The molecule has 13 heavy (non-hydrogen) atoms. The Morgan fingerprint density at radius 1 is 1.62 bits per heavy atom. The number of rotatable bonds is 3. The molecular formula is C10H15NO2. The van der Waals surface area contributed by atoms with E-state index in [1.807, 2.05) is 19.1 Å². The highest BCUT2D eigenvalue weighted by Gasteiger charge is 2.37. The van der Waals surface area contributed by atoms with Gasteiger partial charge in [-0.1, -0.05) is 31.2 Å². The molecule has 0 aromatic carbocycles. The van der Waals surface area contributed by atoms with Gasteiger partial charge in [-0.05, 0) is 13.5 Å². The van der Waals surface area contributed by atoms with E-state index in [1.165, 1.54) is 0 Å². The molecule has 0 aliphatic heterocycles. The topological polar surface area (TPSA) is 49.3 Å². The minimum absolute atomic E-state index is 0.416. The number of likely N-dealkylation sites (N-methyl/N-ethyl adjacent to an activating group) is 1. The lowest BCUT2D eigenvalue weighted by atomic mass is 9.78. The van der Waals surface area contributed by atoms with Crippen molar-refractivity contribution in [1.29, 1.82) is 0 Å². The average Bonchev–Trinajstić information content (AvgIpc) is 2.17. The number of carbonyl (C=O) groups is 1. The van der Waals surface area contributed by atoms with Crippen LogP contribution >= 0.6 is 0 Å². The molecule has 0 heterocycles. The minimum Gasteiger partial charge on any atom is -0.481 e. The van der Waals surface area contributed by atoms with Gasteiger partial charge in [-0.2, -0.15) is 0 Å². The van der Waals surface area contributed by atoms with Gasteiger partial charge < -0.3 is 10.4 Å². The molecule has 2 N–H and O–H groups in total. The van der Waals surface area contributed by atoms with E-state index in [1.54, 1.807) is 19.2 Å². The standard InChI is InChI=1S/C10H15NO2/c1-3-10(11-2)7-5-4-6-8(10)9(12)13/h4-8,11H,3H2,1-2H3,(H,12,13). The molecule has 0 radical (unpaired) electrons. The summed E-state index contributed by atoms with van der Waals surface area (Å²) >= 11 is 0. The molecule has 3 heteroatoms. The molecule has 3 nitrogen and oxygen atoms in total. The van der Waals surface area contributed by atoms with Crippen molar-refractivity contribution >= 4 is 5.97 Å². The van der Waals surface area contributed by atoms with Gasteiger partial charge in [0.1, 0.15) is 0 Å². The molecule has 0 aromatic heterocycles. The Bertz CT molecular complexity index is 252. The van der Waals surface area contributed by atoms with Crippen LogP contribution < -0.4 is 5.32 Å². The van der Waals surface area contributed by atoms with Crippen LogP contribution in [0.3, 0.4) is 0 Å². The summed E-state index contributed by atoms with van der Waals surface area (Å²) in [6.07, 6.45) is 8.08. The Hall–Kier alpha value is -1.09. The van der Waals surface area contributed by atoms with Crippen molar-refractivity contribution in [1.82, 2.24) is 5.32 Å². The van der Waals surface area contributed by atoms with Gasteiger partial charge in [-0.15, -0.1) is 0 Å². The van der Waals surface area contributed by atoms with E-state index in [9.17, 15) is 4.79 Å². The quantitative estimate of drug-likeness (QED) is 0.687.